The average molecular weight is 306 g/mol. The van der Waals surface area contributed by atoms with Gasteiger partial charge in [0.2, 0.25) is 0 Å². The Morgan fingerprint density at radius 2 is 1.74 bits per heavy atom. The summed E-state index contributed by atoms with van der Waals surface area (Å²) in [5, 5.41) is 4.31. The van der Waals surface area contributed by atoms with Gasteiger partial charge in [0.25, 0.3) is 5.91 Å². The van der Waals surface area contributed by atoms with Crippen molar-refractivity contribution in [1.29, 1.82) is 0 Å². The second-order valence-electron chi connectivity index (χ2n) is 6.26. The second-order valence-corrected chi connectivity index (χ2v) is 6.26. The summed E-state index contributed by atoms with van der Waals surface area (Å²) in [6.07, 6.45) is 4.42. The number of hydrazone groups is 1. The van der Waals surface area contributed by atoms with Crippen LogP contribution in [-0.2, 0) is 0 Å². The number of carbonyl (C=O) groups is 1. The predicted octanol–water partition coefficient (Wildman–Crippen LogP) is 4.65. The number of amides is 1. The normalized spacial score (nSPS) is 19.5. The summed E-state index contributed by atoms with van der Waals surface area (Å²) in [5.41, 5.74) is 6.70. The molecule has 2 aromatic rings. The number of hydrogen-bond donors (Lipinski definition) is 1. The van der Waals surface area contributed by atoms with Gasteiger partial charge in [0, 0.05) is 11.3 Å². The molecule has 1 amide bonds. The Hall–Kier alpha value is -2.42. The summed E-state index contributed by atoms with van der Waals surface area (Å²) in [7, 11) is 0. The molecule has 1 N–H and O–H groups in total. The van der Waals surface area contributed by atoms with Gasteiger partial charge in [-0.1, -0.05) is 49.4 Å². The predicted molar refractivity (Wildman–Crippen MR) is 94.4 cm³/mol. The maximum absolute atomic E-state index is 12.2. The second kappa shape index (κ2) is 7.23. The Morgan fingerprint density at radius 3 is 2.43 bits per heavy atom. The zero-order chi connectivity index (χ0) is 16.1. The Balaban J connectivity index is 1.65. The van der Waals surface area contributed by atoms with Crippen LogP contribution in [0.15, 0.2) is 59.7 Å². The first-order valence-corrected chi connectivity index (χ1v) is 8.23. The minimum Gasteiger partial charge on any atom is -0.267 e. The number of benzene rings is 2. The van der Waals surface area contributed by atoms with Gasteiger partial charge in [-0.2, -0.15) is 5.10 Å². The van der Waals surface area contributed by atoms with Crippen LogP contribution in [0, 0.1) is 5.92 Å². The maximum atomic E-state index is 12.2. The third-order valence-electron chi connectivity index (χ3n) is 4.32. The van der Waals surface area contributed by atoms with E-state index in [1.54, 1.807) is 0 Å². The molecule has 0 aliphatic heterocycles. The van der Waals surface area contributed by atoms with Crippen molar-refractivity contribution in [2.24, 2.45) is 11.0 Å². The zero-order valence-electron chi connectivity index (χ0n) is 13.5. The lowest BCUT2D eigenvalue weighted by Gasteiger charge is -2.18. The summed E-state index contributed by atoms with van der Waals surface area (Å²) in [4.78, 5) is 12.2. The van der Waals surface area contributed by atoms with E-state index < -0.39 is 0 Å². The molecule has 0 unspecified atom stereocenters. The monoisotopic (exact) mass is 306 g/mol. The molecule has 3 heteroatoms. The molecule has 1 fully saturated rings. The molecule has 0 aromatic heterocycles. The van der Waals surface area contributed by atoms with E-state index in [2.05, 4.69) is 29.6 Å². The molecule has 0 radical (unpaired) electrons. The molecule has 2 aromatic carbocycles. The zero-order valence-corrected chi connectivity index (χ0v) is 13.5. The fourth-order valence-electron chi connectivity index (χ4n) is 3.00. The molecule has 0 spiro atoms. The van der Waals surface area contributed by atoms with Crippen molar-refractivity contribution in [2.45, 2.75) is 32.6 Å². The highest BCUT2D eigenvalue weighted by molar-refractivity contribution is 5.96. The van der Waals surface area contributed by atoms with Crippen molar-refractivity contribution < 1.29 is 4.79 Å². The van der Waals surface area contributed by atoms with E-state index in [0.717, 1.165) is 29.7 Å². The third-order valence-corrected chi connectivity index (χ3v) is 4.32. The van der Waals surface area contributed by atoms with Crippen LogP contribution in [0.5, 0.6) is 0 Å². The van der Waals surface area contributed by atoms with E-state index in [-0.39, 0.29) is 5.91 Å². The Labute approximate surface area is 137 Å². The number of nitrogens with one attached hydrogen (secondary N) is 1. The highest BCUT2D eigenvalue weighted by atomic mass is 16.2. The lowest BCUT2D eigenvalue weighted by Crippen LogP contribution is -2.22. The molecule has 0 bridgehead atoms. The van der Waals surface area contributed by atoms with Crippen molar-refractivity contribution in [3.8, 4) is 11.1 Å². The number of rotatable bonds is 3. The fourth-order valence-corrected chi connectivity index (χ4v) is 3.00. The molecular weight excluding hydrogens is 284 g/mol. The highest BCUT2D eigenvalue weighted by Crippen LogP contribution is 2.21. The van der Waals surface area contributed by atoms with E-state index in [0.29, 0.717) is 11.5 Å². The molecule has 1 aliphatic carbocycles. The topological polar surface area (TPSA) is 41.5 Å². The summed E-state index contributed by atoms with van der Waals surface area (Å²) < 4.78 is 0. The van der Waals surface area contributed by atoms with E-state index >= 15 is 0 Å². The van der Waals surface area contributed by atoms with Crippen molar-refractivity contribution in [1.82, 2.24) is 5.43 Å². The molecule has 118 valence electrons. The van der Waals surface area contributed by atoms with Crippen molar-refractivity contribution in [3.63, 3.8) is 0 Å². The summed E-state index contributed by atoms with van der Waals surface area (Å²) in [6, 6.07) is 17.8. The fraction of sp³-hybridized carbons (Fsp3) is 0.300. The molecule has 0 heterocycles. The van der Waals surface area contributed by atoms with Gasteiger partial charge < -0.3 is 0 Å². The van der Waals surface area contributed by atoms with Crippen LogP contribution in [0.1, 0.15) is 43.0 Å². The SMILES string of the molecule is C[C@@H]1CCCC(=NNC(=O)c2ccc(-c3ccccc3)cc2)C1. The first kappa shape index (κ1) is 15.5. The standard InChI is InChI=1S/C20H22N2O/c1-15-6-5-9-19(14-15)21-22-20(23)18-12-10-17(11-13-18)16-7-3-2-4-8-16/h2-4,7-8,10-13,15H,5-6,9,14H2,1H3,(H,22,23)/t15-/m1/s1. The average Bonchev–Trinajstić information content (AvgIpc) is 2.61. The lowest BCUT2D eigenvalue weighted by molar-refractivity contribution is 0.0954. The molecule has 1 aliphatic rings. The van der Waals surface area contributed by atoms with Crippen molar-refractivity contribution in [2.75, 3.05) is 0 Å². The van der Waals surface area contributed by atoms with Crippen LogP contribution in [0.4, 0.5) is 0 Å². The van der Waals surface area contributed by atoms with Crippen LogP contribution < -0.4 is 5.43 Å². The minimum absolute atomic E-state index is 0.143. The van der Waals surface area contributed by atoms with Gasteiger partial charge in [-0.05, 0) is 54.9 Å². The van der Waals surface area contributed by atoms with Crippen LogP contribution >= 0.6 is 0 Å². The molecular formula is C20H22N2O. The molecule has 3 rings (SSSR count). The largest absolute Gasteiger partial charge is 0.271 e. The summed E-state index contributed by atoms with van der Waals surface area (Å²) >= 11 is 0. The molecule has 1 atom stereocenters. The van der Waals surface area contributed by atoms with Gasteiger partial charge in [0.1, 0.15) is 0 Å². The first-order valence-electron chi connectivity index (χ1n) is 8.23. The molecule has 3 nitrogen and oxygen atoms in total. The van der Waals surface area contributed by atoms with Gasteiger partial charge in [-0.3, -0.25) is 4.79 Å². The number of nitrogens with zero attached hydrogens (tertiary/aromatic N) is 1. The number of hydrogen-bond acceptors (Lipinski definition) is 2. The Morgan fingerprint density at radius 1 is 1.04 bits per heavy atom. The molecule has 0 saturated heterocycles. The Kier molecular flexibility index (Phi) is 4.86. The number of carbonyl (C=O) groups excluding carboxylic acids is 1. The quantitative estimate of drug-likeness (QED) is 0.824. The minimum atomic E-state index is -0.143. The van der Waals surface area contributed by atoms with Crippen LogP contribution in [0.3, 0.4) is 0 Å². The van der Waals surface area contributed by atoms with Gasteiger partial charge in [0.15, 0.2) is 0 Å². The van der Waals surface area contributed by atoms with Crippen molar-refractivity contribution in [3.05, 3.63) is 60.2 Å². The first-order chi connectivity index (χ1) is 11.2. The van der Waals surface area contributed by atoms with E-state index in [1.807, 2.05) is 42.5 Å². The van der Waals surface area contributed by atoms with Crippen LogP contribution in [0.25, 0.3) is 11.1 Å². The maximum Gasteiger partial charge on any atom is 0.271 e. The van der Waals surface area contributed by atoms with Crippen LogP contribution in [-0.4, -0.2) is 11.6 Å². The third kappa shape index (κ3) is 4.07. The van der Waals surface area contributed by atoms with Gasteiger partial charge in [-0.25, -0.2) is 5.43 Å². The smallest absolute Gasteiger partial charge is 0.267 e. The van der Waals surface area contributed by atoms with Gasteiger partial charge in [-0.15, -0.1) is 0 Å². The molecule has 1 saturated carbocycles. The Bertz CT molecular complexity index is 689. The van der Waals surface area contributed by atoms with Crippen LogP contribution in [0.2, 0.25) is 0 Å². The summed E-state index contributed by atoms with van der Waals surface area (Å²) in [6.45, 7) is 2.23. The summed E-state index contributed by atoms with van der Waals surface area (Å²) in [5.74, 6) is 0.528. The highest BCUT2D eigenvalue weighted by Gasteiger charge is 2.14. The molecule has 23 heavy (non-hydrogen) atoms. The van der Waals surface area contributed by atoms with Gasteiger partial charge >= 0.3 is 0 Å². The van der Waals surface area contributed by atoms with Gasteiger partial charge in [0.05, 0.1) is 0 Å². The van der Waals surface area contributed by atoms with E-state index in [1.165, 1.54) is 12.8 Å². The lowest BCUT2D eigenvalue weighted by atomic mass is 9.89. The van der Waals surface area contributed by atoms with E-state index in [4.69, 9.17) is 0 Å². The van der Waals surface area contributed by atoms with Crippen molar-refractivity contribution >= 4 is 11.6 Å². The van der Waals surface area contributed by atoms with E-state index in [9.17, 15) is 4.79 Å².